The largest absolute Gasteiger partial charge is 0.374 e. The molecular weight excluding hydrogens is 198 g/mol. The predicted octanol–water partition coefficient (Wildman–Crippen LogP) is 1.05. The second kappa shape index (κ2) is 3.40. The van der Waals surface area contributed by atoms with Crippen LogP contribution >= 0.6 is 11.5 Å². The summed E-state index contributed by atoms with van der Waals surface area (Å²) in [7, 11) is 0. The van der Waals surface area contributed by atoms with E-state index in [9.17, 15) is 0 Å². The highest BCUT2D eigenvalue weighted by molar-refractivity contribution is 7.09. The van der Waals surface area contributed by atoms with Gasteiger partial charge in [0.25, 0.3) is 0 Å². The second-order valence-corrected chi connectivity index (χ2v) is 3.28. The van der Waals surface area contributed by atoms with Gasteiger partial charge in [-0.3, -0.25) is 4.98 Å². The van der Waals surface area contributed by atoms with Crippen LogP contribution in [0.1, 0.15) is 5.56 Å². The molecule has 2 heterocycles. The smallest absolute Gasteiger partial charge is 0.200 e. The summed E-state index contributed by atoms with van der Waals surface area (Å²) in [4.78, 5) is 8.01. The minimum Gasteiger partial charge on any atom is -0.374 e. The van der Waals surface area contributed by atoms with Crippen LogP contribution in [0, 0.1) is 11.3 Å². The SMILES string of the molecule is N#Cc1ccc(-c2nsc(N)n2)nc1. The summed E-state index contributed by atoms with van der Waals surface area (Å²) in [6.45, 7) is 0. The van der Waals surface area contributed by atoms with E-state index in [1.807, 2.05) is 6.07 Å². The molecule has 0 bridgehead atoms. The topological polar surface area (TPSA) is 88.5 Å². The van der Waals surface area contributed by atoms with E-state index in [0.717, 1.165) is 11.5 Å². The quantitative estimate of drug-likeness (QED) is 0.748. The molecule has 0 spiro atoms. The maximum atomic E-state index is 8.56. The highest BCUT2D eigenvalue weighted by Gasteiger charge is 2.05. The molecule has 0 saturated heterocycles. The molecule has 0 radical (unpaired) electrons. The minimum atomic E-state index is 0.408. The number of nitrogens with two attached hydrogens (primary N) is 1. The fraction of sp³-hybridized carbons (Fsp3) is 0. The van der Waals surface area contributed by atoms with Crippen molar-refractivity contribution in [2.45, 2.75) is 0 Å². The molecule has 2 aromatic rings. The average Bonchev–Trinajstić information content (AvgIpc) is 2.65. The Kier molecular flexibility index (Phi) is 2.08. The van der Waals surface area contributed by atoms with E-state index in [-0.39, 0.29) is 0 Å². The van der Waals surface area contributed by atoms with Crippen LogP contribution in [0.15, 0.2) is 18.3 Å². The monoisotopic (exact) mass is 203 g/mol. The predicted molar refractivity (Wildman–Crippen MR) is 52.3 cm³/mol. The Hall–Kier alpha value is -2.00. The number of nitrogens with zero attached hydrogens (tertiary/aromatic N) is 4. The number of pyridine rings is 1. The molecule has 0 fully saturated rings. The highest BCUT2D eigenvalue weighted by atomic mass is 32.1. The lowest BCUT2D eigenvalue weighted by Gasteiger charge is -1.92. The normalized spacial score (nSPS) is 9.64. The van der Waals surface area contributed by atoms with Crippen molar-refractivity contribution in [1.82, 2.24) is 14.3 Å². The minimum absolute atomic E-state index is 0.408. The fourth-order valence-corrected chi connectivity index (χ4v) is 1.37. The zero-order valence-electron chi connectivity index (χ0n) is 7.01. The van der Waals surface area contributed by atoms with Gasteiger partial charge in [0.1, 0.15) is 11.8 Å². The summed E-state index contributed by atoms with van der Waals surface area (Å²) in [5.74, 6) is 0.497. The average molecular weight is 203 g/mol. The van der Waals surface area contributed by atoms with Crippen LogP contribution in [0.5, 0.6) is 0 Å². The fourth-order valence-electron chi connectivity index (χ4n) is 0.932. The highest BCUT2D eigenvalue weighted by Crippen LogP contribution is 2.16. The van der Waals surface area contributed by atoms with Gasteiger partial charge in [-0.05, 0) is 12.1 Å². The summed E-state index contributed by atoms with van der Waals surface area (Å²) < 4.78 is 4.00. The molecule has 0 aliphatic heterocycles. The molecule has 0 aromatic carbocycles. The van der Waals surface area contributed by atoms with Crippen molar-refractivity contribution in [2.75, 3.05) is 5.73 Å². The molecule has 0 aliphatic carbocycles. The van der Waals surface area contributed by atoms with E-state index < -0.39 is 0 Å². The van der Waals surface area contributed by atoms with E-state index in [1.54, 1.807) is 12.1 Å². The lowest BCUT2D eigenvalue weighted by atomic mass is 10.2. The van der Waals surface area contributed by atoms with Crippen LogP contribution in [0.2, 0.25) is 0 Å². The maximum absolute atomic E-state index is 8.56. The van der Waals surface area contributed by atoms with Gasteiger partial charge >= 0.3 is 0 Å². The molecule has 14 heavy (non-hydrogen) atoms. The Labute approximate surface area is 84.0 Å². The Bertz CT molecular complexity index is 481. The van der Waals surface area contributed by atoms with Crippen LogP contribution in [0.25, 0.3) is 11.5 Å². The third-order valence-electron chi connectivity index (χ3n) is 1.56. The van der Waals surface area contributed by atoms with Crippen molar-refractivity contribution in [3.05, 3.63) is 23.9 Å². The van der Waals surface area contributed by atoms with E-state index in [2.05, 4.69) is 14.3 Å². The van der Waals surface area contributed by atoms with E-state index in [1.165, 1.54) is 6.20 Å². The van der Waals surface area contributed by atoms with E-state index in [4.69, 9.17) is 11.0 Å². The van der Waals surface area contributed by atoms with Crippen LogP contribution in [-0.2, 0) is 0 Å². The molecule has 0 unspecified atom stereocenters. The number of nitriles is 1. The standard InChI is InChI=1S/C8H5N5S/c9-3-5-1-2-6(11-4-5)7-12-8(10)14-13-7/h1-2,4H,(H2,10,12,13). The Morgan fingerprint density at radius 1 is 1.43 bits per heavy atom. The molecule has 0 atom stereocenters. The van der Waals surface area contributed by atoms with Gasteiger partial charge in [-0.15, -0.1) is 0 Å². The Morgan fingerprint density at radius 3 is 2.79 bits per heavy atom. The number of hydrogen-bond donors (Lipinski definition) is 1. The second-order valence-electron chi connectivity index (χ2n) is 2.50. The van der Waals surface area contributed by atoms with Crippen LogP contribution in [0.3, 0.4) is 0 Å². The molecule has 68 valence electrons. The van der Waals surface area contributed by atoms with Gasteiger partial charge in [0.15, 0.2) is 11.0 Å². The molecule has 0 saturated carbocycles. The van der Waals surface area contributed by atoms with Gasteiger partial charge in [-0.25, -0.2) is 0 Å². The summed E-state index contributed by atoms with van der Waals surface area (Å²) in [5, 5.41) is 8.97. The van der Waals surface area contributed by atoms with Gasteiger partial charge in [-0.1, -0.05) is 0 Å². The third-order valence-corrected chi connectivity index (χ3v) is 2.11. The molecule has 2 N–H and O–H groups in total. The summed E-state index contributed by atoms with van der Waals surface area (Å²) >= 11 is 1.12. The first-order chi connectivity index (χ1) is 6.79. The molecule has 5 nitrogen and oxygen atoms in total. The van der Waals surface area contributed by atoms with Crippen LogP contribution in [-0.4, -0.2) is 14.3 Å². The van der Waals surface area contributed by atoms with Crippen molar-refractivity contribution >= 4 is 16.7 Å². The number of hydrogen-bond acceptors (Lipinski definition) is 6. The Morgan fingerprint density at radius 2 is 2.29 bits per heavy atom. The molecule has 0 aliphatic rings. The zero-order valence-corrected chi connectivity index (χ0v) is 7.82. The first-order valence-electron chi connectivity index (χ1n) is 3.75. The number of aromatic nitrogens is 3. The first-order valence-corrected chi connectivity index (χ1v) is 4.52. The number of rotatable bonds is 1. The molecule has 2 aromatic heterocycles. The van der Waals surface area contributed by atoms with Crippen molar-refractivity contribution in [2.24, 2.45) is 0 Å². The molecule has 0 amide bonds. The van der Waals surface area contributed by atoms with Gasteiger partial charge in [0.2, 0.25) is 0 Å². The lowest BCUT2D eigenvalue weighted by Crippen LogP contribution is -1.87. The Balaban J connectivity index is 2.39. The van der Waals surface area contributed by atoms with Crippen molar-refractivity contribution in [3.63, 3.8) is 0 Å². The van der Waals surface area contributed by atoms with Gasteiger partial charge < -0.3 is 5.73 Å². The first kappa shape index (κ1) is 8.59. The third kappa shape index (κ3) is 1.53. The molecule has 2 rings (SSSR count). The molecule has 6 heteroatoms. The summed E-state index contributed by atoms with van der Waals surface area (Å²) in [5.41, 5.74) is 6.57. The van der Waals surface area contributed by atoms with Crippen molar-refractivity contribution < 1.29 is 0 Å². The van der Waals surface area contributed by atoms with Crippen LogP contribution in [0.4, 0.5) is 5.13 Å². The van der Waals surface area contributed by atoms with Gasteiger partial charge in [-0.2, -0.15) is 14.6 Å². The maximum Gasteiger partial charge on any atom is 0.200 e. The zero-order chi connectivity index (χ0) is 9.97. The van der Waals surface area contributed by atoms with Crippen molar-refractivity contribution in [1.29, 1.82) is 5.26 Å². The molecular formula is C8H5N5S. The number of nitrogen functional groups attached to an aromatic ring is 1. The summed E-state index contributed by atoms with van der Waals surface area (Å²) in [6, 6.07) is 5.35. The number of anilines is 1. The van der Waals surface area contributed by atoms with Gasteiger partial charge in [0.05, 0.1) is 5.56 Å². The van der Waals surface area contributed by atoms with E-state index in [0.29, 0.717) is 22.2 Å². The van der Waals surface area contributed by atoms with E-state index >= 15 is 0 Å². The lowest BCUT2D eigenvalue weighted by molar-refractivity contribution is 1.23. The van der Waals surface area contributed by atoms with Gasteiger partial charge in [0, 0.05) is 17.7 Å². The summed E-state index contributed by atoms with van der Waals surface area (Å²) in [6.07, 6.45) is 1.48. The van der Waals surface area contributed by atoms with Crippen LogP contribution < -0.4 is 5.73 Å². The van der Waals surface area contributed by atoms with Crippen molar-refractivity contribution in [3.8, 4) is 17.6 Å².